The van der Waals surface area contributed by atoms with Crippen LogP contribution in [0.4, 0.5) is 0 Å². The van der Waals surface area contributed by atoms with Crippen LogP contribution in [0.3, 0.4) is 0 Å². The van der Waals surface area contributed by atoms with E-state index in [4.69, 9.17) is 14.7 Å². The van der Waals surface area contributed by atoms with E-state index in [9.17, 15) is 5.11 Å². The lowest BCUT2D eigenvalue weighted by molar-refractivity contribution is 0.0837. The molecule has 92 valence electrons. The molecule has 0 aliphatic rings. The van der Waals surface area contributed by atoms with Crippen molar-refractivity contribution in [3.05, 3.63) is 23.8 Å². The molecular weight excluding hydrogens is 218 g/mol. The van der Waals surface area contributed by atoms with Crippen LogP contribution in [0.1, 0.15) is 25.5 Å². The van der Waals surface area contributed by atoms with E-state index in [1.807, 2.05) is 0 Å². The molecule has 1 rings (SSSR count). The van der Waals surface area contributed by atoms with E-state index in [2.05, 4.69) is 6.07 Å². The highest BCUT2D eigenvalue weighted by Gasteiger charge is 2.32. The van der Waals surface area contributed by atoms with Crippen LogP contribution >= 0.6 is 0 Å². The van der Waals surface area contributed by atoms with E-state index in [-0.39, 0.29) is 0 Å². The third-order valence-corrected chi connectivity index (χ3v) is 2.70. The summed E-state index contributed by atoms with van der Waals surface area (Å²) in [7, 11) is 3.04. The van der Waals surface area contributed by atoms with Crippen LogP contribution in [-0.2, 0) is 0 Å². The van der Waals surface area contributed by atoms with Crippen LogP contribution in [-0.4, -0.2) is 19.3 Å². The standard InChI is InChI=1S/C13H17NO3/c1-13(2,8-14)12(15)9-6-5-7-10(16-3)11(9)17-4/h5-7,12,15H,1-4H3. The minimum atomic E-state index is -0.933. The van der Waals surface area contributed by atoms with Crippen molar-refractivity contribution in [3.63, 3.8) is 0 Å². The zero-order valence-electron chi connectivity index (χ0n) is 10.5. The molecule has 4 nitrogen and oxygen atoms in total. The quantitative estimate of drug-likeness (QED) is 0.869. The number of hydrogen-bond donors (Lipinski definition) is 1. The van der Waals surface area contributed by atoms with Gasteiger partial charge in [0.15, 0.2) is 11.5 Å². The molecule has 0 aliphatic carbocycles. The zero-order valence-corrected chi connectivity index (χ0v) is 10.5. The van der Waals surface area contributed by atoms with Gasteiger partial charge in [-0.3, -0.25) is 0 Å². The summed E-state index contributed by atoms with van der Waals surface area (Å²) in [6.45, 7) is 3.35. The molecule has 0 bridgehead atoms. The first-order valence-electron chi connectivity index (χ1n) is 5.28. The number of aliphatic hydroxyl groups is 1. The summed E-state index contributed by atoms with van der Waals surface area (Å²) in [5, 5.41) is 19.3. The van der Waals surface area contributed by atoms with Crippen molar-refractivity contribution in [2.24, 2.45) is 5.41 Å². The van der Waals surface area contributed by atoms with Gasteiger partial charge in [0, 0.05) is 5.56 Å². The number of para-hydroxylation sites is 1. The minimum absolute atomic E-state index is 0.464. The van der Waals surface area contributed by atoms with Crippen molar-refractivity contribution >= 4 is 0 Å². The second kappa shape index (κ2) is 5.07. The molecule has 0 heterocycles. The molecule has 0 aromatic heterocycles. The topological polar surface area (TPSA) is 62.5 Å². The van der Waals surface area contributed by atoms with Crippen molar-refractivity contribution in [2.45, 2.75) is 20.0 Å². The summed E-state index contributed by atoms with van der Waals surface area (Å²) >= 11 is 0. The fraction of sp³-hybridized carbons (Fsp3) is 0.462. The summed E-state index contributed by atoms with van der Waals surface area (Å²) < 4.78 is 10.4. The average Bonchev–Trinajstić information content (AvgIpc) is 2.36. The maximum atomic E-state index is 10.2. The molecule has 0 saturated heterocycles. The molecule has 1 aromatic carbocycles. The summed E-state index contributed by atoms with van der Waals surface area (Å²) in [6, 6.07) is 7.31. The lowest BCUT2D eigenvalue weighted by Gasteiger charge is -2.25. The van der Waals surface area contributed by atoms with Crippen molar-refractivity contribution in [1.29, 1.82) is 5.26 Å². The Morgan fingerprint density at radius 1 is 1.29 bits per heavy atom. The Morgan fingerprint density at radius 2 is 1.94 bits per heavy atom. The monoisotopic (exact) mass is 235 g/mol. The van der Waals surface area contributed by atoms with Gasteiger partial charge in [0.2, 0.25) is 0 Å². The minimum Gasteiger partial charge on any atom is -0.493 e. The molecule has 4 heteroatoms. The molecule has 0 fully saturated rings. The average molecular weight is 235 g/mol. The van der Waals surface area contributed by atoms with E-state index in [0.29, 0.717) is 17.1 Å². The summed E-state index contributed by atoms with van der Waals surface area (Å²) in [6.07, 6.45) is -0.933. The Hall–Kier alpha value is -1.73. The first-order chi connectivity index (χ1) is 7.97. The number of rotatable bonds is 4. The number of ether oxygens (including phenoxy) is 2. The molecule has 0 radical (unpaired) electrons. The summed E-state index contributed by atoms with van der Waals surface area (Å²) in [4.78, 5) is 0. The SMILES string of the molecule is COc1cccc(C(O)C(C)(C)C#N)c1OC. The molecule has 0 amide bonds. The number of nitriles is 1. The third kappa shape index (κ3) is 2.51. The van der Waals surface area contributed by atoms with E-state index in [0.717, 1.165) is 0 Å². The molecule has 1 unspecified atom stereocenters. The first kappa shape index (κ1) is 13.3. The third-order valence-electron chi connectivity index (χ3n) is 2.70. The van der Waals surface area contributed by atoms with Crippen molar-refractivity contribution in [3.8, 4) is 17.6 Å². The van der Waals surface area contributed by atoms with Crippen molar-refractivity contribution < 1.29 is 14.6 Å². The molecule has 1 aromatic rings. The summed E-state index contributed by atoms with van der Waals surface area (Å²) in [5.74, 6) is 1.00. The normalized spacial score (nSPS) is 12.7. The number of methoxy groups -OCH3 is 2. The van der Waals surface area contributed by atoms with Gasteiger partial charge < -0.3 is 14.6 Å². The van der Waals surface area contributed by atoms with Crippen LogP contribution in [0.15, 0.2) is 18.2 Å². The van der Waals surface area contributed by atoms with Crippen LogP contribution in [0.5, 0.6) is 11.5 Å². The highest BCUT2D eigenvalue weighted by Crippen LogP contribution is 2.41. The van der Waals surface area contributed by atoms with Gasteiger partial charge in [-0.1, -0.05) is 12.1 Å². The molecule has 0 saturated carbocycles. The van der Waals surface area contributed by atoms with Gasteiger partial charge in [-0.2, -0.15) is 5.26 Å². The molecule has 17 heavy (non-hydrogen) atoms. The highest BCUT2D eigenvalue weighted by atomic mass is 16.5. The maximum Gasteiger partial charge on any atom is 0.166 e. The van der Waals surface area contributed by atoms with Gasteiger partial charge in [-0.15, -0.1) is 0 Å². The van der Waals surface area contributed by atoms with Gasteiger partial charge in [-0.05, 0) is 19.9 Å². The second-order valence-corrected chi connectivity index (χ2v) is 4.32. The fourth-order valence-electron chi connectivity index (χ4n) is 1.58. The summed E-state index contributed by atoms with van der Waals surface area (Å²) in [5.41, 5.74) is -0.335. The predicted molar refractivity (Wildman–Crippen MR) is 63.9 cm³/mol. The molecule has 1 N–H and O–H groups in total. The Kier molecular flexibility index (Phi) is 3.97. The van der Waals surface area contributed by atoms with E-state index in [1.54, 1.807) is 32.0 Å². The number of benzene rings is 1. The van der Waals surface area contributed by atoms with E-state index in [1.165, 1.54) is 14.2 Å². The number of hydrogen-bond acceptors (Lipinski definition) is 4. The Bertz CT molecular complexity index is 435. The molecule has 1 atom stereocenters. The second-order valence-electron chi connectivity index (χ2n) is 4.32. The Morgan fingerprint density at radius 3 is 2.41 bits per heavy atom. The van der Waals surface area contributed by atoms with Crippen molar-refractivity contribution in [1.82, 2.24) is 0 Å². The predicted octanol–water partition coefficient (Wildman–Crippen LogP) is 2.29. The van der Waals surface area contributed by atoms with Gasteiger partial charge in [0.25, 0.3) is 0 Å². The van der Waals surface area contributed by atoms with Crippen LogP contribution in [0.2, 0.25) is 0 Å². The molecular formula is C13H17NO3. The van der Waals surface area contributed by atoms with Gasteiger partial charge >= 0.3 is 0 Å². The molecule has 0 spiro atoms. The Balaban J connectivity index is 3.28. The number of nitrogens with zero attached hydrogens (tertiary/aromatic N) is 1. The van der Waals surface area contributed by atoms with Crippen molar-refractivity contribution in [2.75, 3.05) is 14.2 Å². The van der Waals surface area contributed by atoms with E-state index < -0.39 is 11.5 Å². The maximum absolute atomic E-state index is 10.2. The largest absolute Gasteiger partial charge is 0.493 e. The van der Waals surface area contributed by atoms with Crippen LogP contribution < -0.4 is 9.47 Å². The van der Waals surface area contributed by atoms with Crippen LogP contribution in [0.25, 0.3) is 0 Å². The van der Waals surface area contributed by atoms with E-state index >= 15 is 0 Å². The Labute approximate surface area is 101 Å². The highest BCUT2D eigenvalue weighted by molar-refractivity contribution is 5.48. The fourth-order valence-corrected chi connectivity index (χ4v) is 1.58. The van der Waals surface area contributed by atoms with Gasteiger partial charge in [0.1, 0.15) is 6.10 Å². The lowest BCUT2D eigenvalue weighted by Crippen LogP contribution is -2.20. The first-order valence-corrected chi connectivity index (χ1v) is 5.28. The van der Waals surface area contributed by atoms with Gasteiger partial charge in [-0.25, -0.2) is 0 Å². The number of aliphatic hydroxyl groups excluding tert-OH is 1. The lowest BCUT2D eigenvalue weighted by atomic mass is 9.84. The van der Waals surface area contributed by atoms with Gasteiger partial charge in [0.05, 0.1) is 25.7 Å². The molecule has 0 aliphatic heterocycles. The van der Waals surface area contributed by atoms with Crippen LogP contribution in [0, 0.1) is 16.7 Å². The smallest absolute Gasteiger partial charge is 0.166 e. The zero-order chi connectivity index (χ0) is 13.1.